The van der Waals surface area contributed by atoms with Crippen LogP contribution in [0.3, 0.4) is 0 Å². The van der Waals surface area contributed by atoms with E-state index in [-0.39, 0.29) is 10.8 Å². The molecule has 138 valence electrons. The maximum atomic E-state index is 12.3. The Morgan fingerprint density at radius 2 is 1.54 bits per heavy atom. The summed E-state index contributed by atoms with van der Waals surface area (Å²) in [6.45, 7) is 7.07. The molecule has 5 nitrogen and oxygen atoms in total. The standard InChI is InChI=1S/C20H24N2O3S/c1-15(14-16-8-6-5-7-9-16)19(23)21-17-10-12-18(13-11-17)26(24,25)22-20(2,3)4/h5-14,22H,1-4H3,(H,21,23). The predicted octanol–water partition coefficient (Wildman–Crippen LogP) is 3.81. The summed E-state index contributed by atoms with van der Waals surface area (Å²) in [5, 5.41) is 2.77. The second-order valence-electron chi connectivity index (χ2n) is 7.07. The van der Waals surface area contributed by atoms with E-state index in [1.807, 2.05) is 30.3 Å². The molecule has 2 N–H and O–H groups in total. The van der Waals surface area contributed by atoms with Gasteiger partial charge in [-0.2, -0.15) is 0 Å². The molecule has 0 aliphatic carbocycles. The van der Waals surface area contributed by atoms with Gasteiger partial charge in [0.1, 0.15) is 0 Å². The summed E-state index contributed by atoms with van der Waals surface area (Å²) in [5.41, 5.74) is 1.47. The molecule has 0 bridgehead atoms. The summed E-state index contributed by atoms with van der Waals surface area (Å²) in [6, 6.07) is 15.6. The average Bonchev–Trinajstić information content (AvgIpc) is 2.54. The number of hydrogen-bond donors (Lipinski definition) is 2. The SMILES string of the molecule is CC(=Cc1ccccc1)C(=O)Nc1ccc(S(=O)(=O)NC(C)(C)C)cc1. The van der Waals surface area contributed by atoms with Gasteiger partial charge in [0.25, 0.3) is 5.91 Å². The Balaban J connectivity index is 2.09. The fraction of sp³-hybridized carbons (Fsp3) is 0.250. The number of rotatable bonds is 5. The number of hydrogen-bond acceptors (Lipinski definition) is 3. The van der Waals surface area contributed by atoms with Crippen LogP contribution in [-0.2, 0) is 14.8 Å². The second kappa shape index (κ2) is 7.85. The van der Waals surface area contributed by atoms with Crippen molar-refractivity contribution in [2.45, 2.75) is 38.1 Å². The van der Waals surface area contributed by atoms with Crippen LogP contribution in [0.25, 0.3) is 6.08 Å². The van der Waals surface area contributed by atoms with Gasteiger partial charge in [-0.15, -0.1) is 0 Å². The van der Waals surface area contributed by atoms with E-state index in [2.05, 4.69) is 10.0 Å². The molecule has 0 heterocycles. The van der Waals surface area contributed by atoms with Gasteiger partial charge in [0.2, 0.25) is 10.0 Å². The number of anilines is 1. The van der Waals surface area contributed by atoms with E-state index in [0.717, 1.165) is 5.56 Å². The number of carbonyl (C=O) groups is 1. The lowest BCUT2D eigenvalue weighted by Crippen LogP contribution is -2.40. The normalized spacial score (nSPS) is 12.7. The lowest BCUT2D eigenvalue weighted by atomic mass is 10.1. The third-order valence-electron chi connectivity index (χ3n) is 3.40. The zero-order valence-electron chi connectivity index (χ0n) is 15.4. The number of carbonyl (C=O) groups excluding carboxylic acids is 1. The quantitative estimate of drug-likeness (QED) is 0.784. The third-order valence-corrected chi connectivity index (χ3v) is 5.18. The summed E-state index contributed by atoms with van der Waals surface area (Å²) in [7, 11) is -3.59. The van der Waals surface area contributed by atoms with Crippen molar-refractivity contribution in [3.63, 3.8) is 0 Å². The van der Waals surface area contributed by atoms with Crippen LogP contribution in [0.5, 0.6) is 0 Å². The highest BCUT2D eigenvalue weighted by Gasteiger charge is 2.21. The minimum atomic E-state index is -3.59. The Labute approximate surface area is 155 Å². The van der Waals surface area contributed by atoms with Crippen molar-refractivity contribution < 1.29 is 13.2 Å². The van der Waals surface area contributed by atoms with Gasteiger partial charge in [-0.1, -0.05) is 30.3 Å². The molecule has 0 saturated heterocycles. The highest BCUT2D eigenvalue weighted by atomic mass is 32.2. The summed E-state index contributed by atoms with van der Waals surface area (Å²) < 4.78 is 27.2. The fourth-order valence-corrected chi connectivity index (χ4v) is 3.69. The van der Waals surface area contributed by atoms with Crippen LogP contribution in [0, 0.1) is 0 Å². The van der Waals surface area contributed by atoms with Crippen LogP contribution in [0.4, 0.5) is 5.69 Å². The second-order valence-corrected chi connectivity index (χ2v) is 8.75. The van der Waals surface area contributed by atoms with Gasteiger partial charge < -0.3 is 5.32 Å². The van der Waals surface area contributed by atoms with Crippen LogP contribution in [0.2, 0.25) is 0 Å². The van der Waals surface area contributed by atoms with E-state index >= 15 is 0 Å². The first-order valence-corrected chi connectivity index (χ1v) is 9.74. The fourth-order valence-electron chi connectivity index (χ4n) is 2.27. The first kappa shape index (κ1) is 19.9. The molecule has 0 aliphatic rings. The molecule has 0 unspecified atom stereocenters. The smallest absolute Gasteiger partial charge is 0.251 e. The Morgan fingerprint density at radius 1 is 0.962 bits per heavy atom. The number of amides is 1. The lowest BCUT2D eigenvalue weighted by molar-refractivity contribution is -0.112. The van der Waals surface area contributed by atoms with Crippen molar-refractivity contribution in [3.8, 4) is 0 Å². The molecule has 2 aromatic rings. The monoisotopic (exact) mass is 372 g/mol. The van der Waals surface area contributed by atoms with E-state index in [0.29, 0.717) is 11.3 Å². The van der Waals surface area contributed by atoms with Crippen LogP contribution in [-0.4, -0.2) is 19.9 Å². The molecule has 2 rings (SSSR count). The number of sulfonamides is 1. The summed E-state index contributed by atoms with van der Waals surface area (Å²) in [6.07, 6.45) is 1.79. The first-order valence-electron chi connectivity index (χ1n) is 8.26. The number of nitrogens with one attached hydrogen (secondary N) is 2. The van der Waals surface area contributed by atoms with Gasteiger partial charge in [-0.05, 0) is 63.6 Å². The largest absolute Gasteiger partial charge is 0.322 e. The van der Waals surface area contributed by atoms with Crippen LogP contribution < -0.4 is 10.0 Å². The molecule has 1 amide bonds. The van der Waals surface area contributed by atoms with Crippen molar-refractivity contribution in [2.75, 3.05) is 5.32 Å². The van der Waals surface area contributed by atoms with E-state index in [4.69, 9.17) is 0 Å². The van der Waals surface area contributed by atoms with Crippen molar-refractivity contribution >= 4 is 27.7 Å². The molecule has 0 spiro atoms. The Kier molecular flexibility index (Phi) is 6.00. The van der Waals surface area contributed by atoms with E-state index < -0.39 is 15.6 Å². The summed E-state index contributed by atoms with van der Waals surface area (Å²) in [5.74, 6) is -0.239. The van der Waals surface area contributed by atoms with Gasteiger partial charge in [0.05, 0.1) is 4.90 Å². The number of benzene rings is 2. The summed E-state index contributed by atoms with van der Waals surface area (Å²) >= 11 is 0. The zero-order chi connectivity index (χ0) is 19.4. The minimum Gasteiger partial charge on any atom is -0.322 e. The summed E-state index contributed by atoms with van der Waals surface area (Å²) in [4.78, 5) is 12.4. The maximum absolute atomic E-state index is 12.3. The highest BCUT2D eigenvalue weighted by Crippen LogP contribution is 2.17. The van der Waals surface area contributed by atoms with Crippen molar-refractivity contribution in [3.05, 3.63) is 65.7 Å². The Morgan fingerprint density at radius 3 is 2.08 bits per heavy atom. The van der Waals surface area contributed by atoms with E-state index in [9.17, 15) is 13.2 Å². The van der Waals surface area contributed by atoms with Gasteiger partial charge in [-0.3, -0.25) is 4.79 Å². The van der Waals surface area contributed by atoms with Crippen LogP contribution in [0.15, 0.2) is 65.1 Å². The van der Waals surface area contributed by atoms with Crippen LogP contribution in [0.1, 0.15) is 33.3 Å². The molecule has 26 heavy (non-hydrogen) atoms. The van der Waals surface area contributed by atoms with E-state index in [1.54, 1.807) is 45.9 Å². The van der Waals surface area contributed by atoms with Gasteiger partial charge >= 0.3 is 0 Å². The first-order chi connectivity index (χ1) is 12.1. The predicted molar refractivity (Wildman–Crippen MR) is 105 cm³/mol. The van der Waals surface area contributed by atoms with Gasteiger partial charge in [-0.25, -0.2) is 13.1 Å². The zero-order valence-corrected chi connectivity index (χ0v) is 16.2. The molecule has 0 radical (unpaired) electrons. The van der Waals surface area contributed by atoms with Gasteiger partial charge in [0, 0.05) is 16.8 Å². The molecule has 0 fully saturated rings. The Bertz CT molecular complexity index is 894. The third kappa shape index (κ3) is 5.82. The topological polar surface area (TPSA) is 75.3 Å². The molecule has 0 aromatic heterocycles. The van der Waals surface area contributed by atoms with Crippen molar-refractivity contribution in [1.29, 1.82) is 0 Å². The molecular formula is C20H24N2O3S. The maximum Gasteiger partial charge on any atom is 0.251 e. The molecule has 0 aliphatic heterocycles. The van der Waals surface area contributed by atoms with Crippen LogP contribution >= 0.6 is 0 Å². The molecule has 0 atom stereocenters. The molecule has 2 aromatic carbocycles. The molecule has 0 saturated carbocycles. The molecular weight excluding hydrogens is 348 g/mol. The van der Waals surface area contributed by atoms with Gasteiger partial charge in [0.15, 0.2) is 0 Å². The van der Waals surface area contributed by atoms with Crippen molar-refractivity contribution in [1.82, 2.24) is 4.72 Å². The Hall–Kier alpha value is -2.44. The average molecular weight is 372 g/mol. The van der Waals surface area contributed by atoms with E-state index in [1.165, 1.54) is 12.1 Å². The highest BCUT2D eigenvalue weighted by molar-refractivity contribution is 7.89. The van der Waals surface area contributed by atoms with Crippen molar-refractivity contribution in [2.24, 2.45) is 0 Å². The lowest BCUT2D eigenvalue weighted by Gasteiger charge is -2.20. The minimum absolute atomic E-state index is 0.155. The molecule has 6 heteroatoms.